The number of aromatic amines is 1. The number of rotatable bonds is 5. The highest BCUT2D eigenvalue weighted by molar-refractivity contribution is 7.98. The Morgan fingerprint density at radius 2 is 2.00 bits per heavy atom. The standard InChI is InChI=1S/C22H18ClFN4O3S/c1-11-15(23)3-2-4-16(11)25-20(30)14-9-17(29)26-19-18(14)21(31)28-22(27-19)32-10-12-5-7-13(24)8-6-12/h2-8,14H,9-10H2,1H3,(H,25,30)(H2,26,27,28,29,31)/t14-/m1/s1. The van der Waals surface area contributed by atoms with Crippen LogP contribution in [0.2, 0.25) is 5.02 Å². The lowest BCUT2D eigenvalue weighted by atomic mass is 9.92. The van der Waals surface area contributed by atoms with Crippen LogP contribution < -0.4 is 16.2 Å². The van der Waals surface area contributed by atoms with Gasteiger partial charge in [0.15, 0.2) is 5.16 Å². The summed E-state index contributed by atoms with van der Waals surface area (Å²) in [4.78, 5) is 45.0. The van der Waals surface area contributed by atoms with Crippen LogP contribution >= 0.6 is 23.4 Å². The van der Waals surface area contributed by atoms with E-state index in [9.17, 15) is 18.8 Å². The maximum Gasteiger partial charge on any atom is 0.257 e. The number of fused-ring (bicyclic) bond motifs is 1. The third kappa shape index (κ3) is 4.68. The molecule has 2 amide bonds. The molecule has 0 saturated carbocycles. The number of carbonyl (C=O) groups is 2. The summed E-state index contributed by atoms with van der Waals surface area (Å²) in [5, 5.41) is 6.11. The van der Waals surface area contributed by atoms with Gasteiger partial charge in [-0.05, 0) is 42.3 Å². The first kappa shape index (κ1) is 22.0. The van der Waals surface area contributed by atoms with E-state index in [4.69, 9.17) is 11.6 Å². The van der Waals surface area contributed by atoms with Gasteiger partial charge in [0.1, 0.15) is 11.6 Å². The summed E-state index contributed by atoms with van der Waals surface area (Å²) < 4.78 is 13.1. The number of hydrogen-bond donors (Lipinski definition) is 3. The van der Waals surface area contributed by atoms with E-state index in [1.54, 1.807) is 37.3 Å². The van der Waals surface area contributed by atoms with E-state index >= 15 is 0 Å². The summed E-state index contributed by atoms with van der Waals surface area (Å²) >= 11 is 7.34. The van der Waals surface area contributed by atoms with Gasteiger partial charge in [-0.15, -0.1) is 0 Å². The molecule has 3 N–H and O–H groups in total. The predicted molar refractivity (Wildman–Crippen MR) is 122 cm³/mol. The number of nitrogens with zero attached hydrogens (tertiary/aromatic N) is 1. The third-order valence-corrected chi connectivity index (χ3v) is 6.41. The Morgan fingerprint density at radius 1 is 1.25 bits per heavy atom. The van der Waals surface area contributed by atoms with Gasteiger partial charge in [-0.1, -0.05) is 41.6 Å². The molecule has 1 aliphatic heterocycles. The van der Waals surface area contributed by atoms with Crippen molar-refractivity contribution in [3.8, 4) is 0 Å². The van der Waals surface area contributed by atoms with Crippen LogP contribution in [-0.4, -0.2) is 21.8 Å². The highest BCUT2D eigenvalue weighted by Gasteiger charge is 2.35. The second-order valence-corrected chi connectivity index (χ2v) is 8.63. The second-order valence-electron chi connectivity index (χ2n) is 7.26. The van der Waals surface area contributed by atoms with Crippen molar-refractivity contribution in [3.63, 3.8) is 0 Å². The molecular formula is C22H18ClFN4O3S. The Hall–Kier alpha value is -3.17. The quantitative estimate of drug-likeness (QED) is 0.381. The van der Waals surface area contributed by atoms with Gasteiger partial charge in [-0.3, -0.25) is 14.4 Å². The molecule has 2 heterocycles. The number of H-pyrrole nitrogens is 1. The minimum absolute atomic E-state index is 0.0644. The van der Waals surface area contributed by atoms with Crippen LogP contribution in [0.5, 0.6) is 0 Å². The molecule has 1 aliphatic rings. The number of carbonyl (C=O) groups excluding carboxylic acids is 2. The number of hydrogen-bond acceptors (Lipinski definition) is 5. The molecule has 0 saturated heterocycles. The van der Waals surface area contributed by atoms with Crippen molar-refractivity contribution in [1.82, 2.24) is 9.97 Å². The van der Waals surface area contributed by atoms with Crippen LogP contribution in [0.15, 0.2) is 52.4 Å². The maximum atomic E-state index is 13.1. The summed E-state index contributed by atoms with van der Waals surface area (Å²) in [5.41, 5.74) is 1.64. The fourth-order valence-corrected chi connectivity index (χ4v) is 4.33. The first-order valence-corrected chi connectivity index (χ1v) is 11.1. The number of benzene rings is 2. The average Bonchev–Trinajstić information content (AvgIpc) is 2.75. The van der Waals surface area contributed by atoms with Crippen LogP contribution in [0, 0.1) is 12.7 Å². The first-order valence-electron chi connectivity index (χ1n) is 9.69. The smallest absolute Gasteiger partial charge is 0.257 e. The molecule has 0 radical (unpaired) electrons. The Balaban J connectivity index is 1.58. The molecule has 1 atom stereocenters. The monoisotopic (exact) mass is 472 g/mol. The molecule has 0 aliphatic carbocycles. The van der Waals surface area contributed by atoms with Crippen molar-refractivity contribution < 1.29 is 14.0 Å². The number of anilines is 2. The zero-order valence-corrected chi connectivity index (χ0v) is 18.4. The van der Waals surface area contributed by atoms with Crippen molar-refractivity contribution in [2.45, 2.75) is 30.2 Å². The van der Waals surface area contributed by atoms with Crippen molar-refractivity contribution in [1.29, 1.82) is 0 Å². The number of amides is 2. The van der Waals surface area contributed by atoms with Gasteiger partial charge in [0.05, 0.1) is 11.5 Å². The minimum atomic E-state index is -0.996. The summed E-state index contributed by atoms with van der Waals surface area (Å²) in [6, 6.07) is 11.1. The van der Waals surface area contributed by atoms with Crippen molar-refractivity contribution >= 4 is 46.7 Å². The van der Waals surface area contributed by atoms with Crippen molar-refractivity contribution in [2.75, 3.05) is 10.6 Å². The van der Waals surface area contributed by atoms with E-state index in [1.807, 2.05) is 0 Å². The van der Waals surface area contributed by atoms with E-state index in [0.717, 1.165) is 5.56 Å². The first-order chi connectivity index (χ1) is 15.3. The normalized spacial score (nSPS) is 15.1. The van der Waals surface area contributed by atoms with E-state index in [2.05, 4.69) is 20.6 Å². The molecule has 3 aromatic rings. The Labute approximate surface area is 191 Å². The van der Waals surface area contributed by atoms with Gasteiger partial charge in [-0.25, -0.2) is 9.37 Å². The van der Waals surface area contributed by atoms with E-state index in [1.165, 1.54) is 23.9 Å². The van der Waals surface area contributed by atoms with Crippen molar-refractivity contribution in [3.05, 3.63) is 80.3 Å². The molecular weight excluding hydrogens is 455 g/mol. The van der Waals surface area contributed by atoms with Crippen molar-refractivity contribution in [2.24, 2.45) is 0 Å². The molecule has 0 unspecified atom stereocenters. The highest BCUT2D eigenvalue weighted by atomic mass is 35.5. The van der Waals surface area contributed by atoms with Crippen LogP contribution in [0.25, 0.3) is 0 Å². The number of aromatic nitrogens is 2. The van der Waals surface area contributed by atoms with E-state index in [0.29, 0.717) is 22.0 Å². The summed E-state index contributed by atoms with van der Waals surface area (Å²) in [5.74, 6) is -1.73. The molecule has 0 spiro atoms. The fraction of sp³-hybridized carbons (Fsp3) is 0.182. The molecule has 1 aromatic heterocycles. The van der Waals surface area contributed by atoms with Gasteiger partial charge >= 0.3 is 0 Å². The SMILES string of the molecule is Cc1c(Cl)cccc1NC(=O)[C@@H]1CC(=O)Nc2nc(SCc3ccc(F)cc3)[nH]c(=O)c21. The minimum Gasteiger partial charge on any atom is -0.325 e. The number of nitrogens with one attached hydrogen (secondary N) is 3. The maximum absolute atomic E-state index is 13.1. The summed E-state index contributed by atoms with van der Waals surface area (Å²) in [7, 11) is 0. The lowest BCUT2D eigenvalue weighted by Crippen LogP contribution is -2.36. The second kappa shape index (κ2) is 9.13. The third-order valence-electron chi connectivity index (χ3n) is 5.06. The molecule has 10 heteroatoms. The summed E-state index contributed by atoms with van der Waals surface area (Å²) in [6.45, 7) is 1.76. The van der Waals surface area contributed by atoms with Gasteiger partial charge in [-0.2, -0.15) is 0 Å². The Bertz CT molecular complexity index is 1260. The van der Waals surface area contributed by atoms with Crippen LogP contribution in [0.4, 0.5) is 15.9 Å². The van der Waals surface area contributed by atoms with E-state index in [-0.39, 0.29) is 28.8 Å². The fourth-order valence-electron chi connectivity index (χ4n) is 3.34. The van der Waals surface area contributed by atoms with Crippen LogP contribution in [0.1, 0.15) is 29.0 Å². The average molecular weight is 473 g/mol. The molecule has 0 bridgehead atoms. The topological polar surface area (TPSA) is 104 Å². The lowest BCUT2D eigenvalue weighted by Gasteiger charge is -2.24. The number of halogens is 2. The zero-order valence-electron chi connectivity index (χ0n) is 16.9. The molecule has 4 rings (SSSR count). The van der Waals surface area contributed by atoms with Gasteiger partial charge in [0, 0.05) is 22.9 Å². The molecule has 32 heavy (non-hydrogen) atoms. The molecule has 7 nitrogen and oxygen atoms in total. The van der Waals surface area contributed by atoms with Crippen LogP contribution in [-0.2, 0) is 15.3 Å². The highest BCUT2D eigenvalue weighted by Crippen LogP contribution is 2.32. The van der Waals surface area contributed by atoms with Gasteiger partial charge < -0.3 is 15.6 Å². The molecule has 164 valence electrons. The molecule has 2 aromatic carbocycles. The predicted octanol–water partition coefficient (Wildman–Crippen LogP) is 4.23. The number of thioether (sulfide) groups is 1. The van der Waals surface area contributed by atoms with E-state index < -0.39 is 23.3 Å². The van der Waals surface area contributed by atoms with Gasteiger partial charge in [0.25, 0.3) is 5.56 Å². The molecule has 0 fully saturated rings. The summed E-state index contributed by atoms with van der Waals surface area (Å²) in [6.07, 6.45) is -0.175. The van der Waals surface area contributed by atoms with Crippen LogP contribution in [0.3, 0.4) is 0 Å². The van der Waals surface area contributed by atoms with Gasteiger partial charge in [0.2, 0.25) is 11.8 Å². The Kier molecular flexibility index (Phi) is 6.29. The zero-order chi connectivity index (χ0) is 22.8. The lowest BCUT2D eigenvalue weighted by molar-refractivity contribution is -0.123. The largest absolute Gasteiger partial charge is 0.325 e. The Morgan fingerprint density at radius 3 is 2.75 bits per heavy atom.